The van der Waals surface area contributed by atoms with E-state index in [1.165, 1.54) is 6.92 Å². The first-order valence-electron chi connectivity index (χ1n) is 5.89. The molecule has 0 amide bonds. The molecule has 0 saturated carbocycles. The van der Waals surface area contributed by atoms with E-state index in [4.69, 9.17) is 4.74 Å². The molecule has 3 nitrogen and oxygen atoms in total. The van der Waals surface area contributed by atoms with Gasteiger partial charge in [-0.2, -0.15) is 0 Å². The number of Topliss-reactive ketones (excluding diaryl/α,β-unsaturated/α-hetero) is 1. The average molecular weight is 234 g/mol. The predicted molar refractivity (Wildman–Crippen MR) is 66.0 cm³/mol. The summed E-state index contributed by atoms with van der Waals surface area (Å²) >= 11 is 0. The summed E-state index contributed by atoms with van der Waals surface area (Å²) in [6, 6.07) is 7.37. The van der Waals surface area contributed by atoms with E-state index in [1.54, 1.807) is 6.07 Å². The fourth-order valence-electron chi connectivity index (χ4n) is 1.61. The van der Waals surface area contributed by atoms with Gasteiger partial charge in [-0.3, -0.25) is 9.59 Å². The van der Waals surface area contributed by atoms with Crippen LogP contribution in [0.3, 0.4) is 0 Å². The number of ketones is 1. The Morgan fingerprint density at radius 3 is 2.59 bits per heavy atom. The van der Waals surface area contributed by atoms with Gasteiger partial charge in [-0.25, -0.2) is 0 Å². The number of carbonyl (C=O) groups is 2. The highest BCUT2D eigenvalue weighted by molar-refractivity contribution is 5.95. The summed E-state index contributed by atoms with van der Waals surface area (Å²) in [5.41, 5.74) is 1.60. The Morgan fingerprint density at radius 1 is 1.24 bits per heavy atom. The first-order chi connectivity index (χ1) is 8.15. The second kappa shape index (κ2) is 6.84. The van der Waals surface area contributed by atoms with Crippen LogP contribution in [0.5, 0.6) is 0 Å². The van der Waals surface area contributed by atoms with Gasteiger partial charge in [0, 0.05) is 12.0 Å². The molecule has 0 spiro atoms. The van der Waals surface area contributed by atoms with Crippen molar-refractivity contribution in [1.29, 1.82) is 0 Å². The molecule has 0 heterocycles. The van der Waals surface area contributed by atoms with Crippen LogP contribution in [0.2, 0.25) is 0 Å². The molecule has 0 aliphatic heterocycles. The highest BCUT2D eigenvalue weighted by atomic mass is 16.5. The number of rotatable bonds is 6. The number of benzene rings is 1. The zero-order chi connectivity index (χ0) is 12.7. The smallest absolute Gasteiger partial charge is 0.306 e. The molecule has 0 bridgehead atoms. The molecule has 3 heteroatoms. The number of hydrogen-bond acceptors (Lipinski definition) is 3. The van der Waals surface area contributed by atoms with E-state index in [9.17, 15) is 9.59 Å². The van der Waals surface area contributed by atoms with Crippen LogP contribution in [0.1, 0.15) is 42.6 Å². The summed E-state index contributed by atoms with van der Waals surface area (Å²) in [6.07, 6.45) is 1.71. The van der Waals surface area contributed by atoms with Crippen LogP contribution in [0.15, 0.2) is 24.3 Å². The van der Waals surface area contributed by atoms with Crippen molar-refractivity contribution < 1.29 is 14.3 Å². The van der Waals surface area contributed by atoms with E-state index in [2.05, 4.69) is 0 Å². The lowest BCUT2D eigenvalue weighted by molar-refractivity contribution is -0.143. The molecule has 0 saturated heterocycles. The minimum atomic E-state index is -0.204. The minimum Gasteiger partial charge on any atom is -0.466 e. The molecule has 17 heavy (non-hydrogen) atoms. The van der Waals surface area contributed by atoms with Crippen LogP contribution in [0.25, 0.3) is 0 Å². The van der Waals surface area contributed by atoms with Crippen molar-refractivity contribution in [1.82, 2.24) is 0 Å². The van der Waals surface area contributed by atoms with Gasteiger partial charge in [0.25, 0.3) is 0 Å². The minimum absolute atomic E-state index is 0.0301. The third kappa shape index (κ3) is 4.39. The first-order valence-corrected chi connectivity index (χ1v) is 5.89. The van der Waals surface area contributed by atoms with Gasteiger partial charge in [-0.05, 0) is 25.3 Å². The Hall–Kier alpha value is -1.64. The molecule has 1 aromatic carbocycles. The maximum Gasteiger partial charge on any atom is 0.306 e. The standard InChI is InChI=1S/C14H18O3/c1-3-10-17-14(16)9-8-12-6-4-5-7-13(12)11(2)15/h4-7H,3,8-10H2,1-2H3. The van der Waals surface area contributed by atoms with E-state index >= 15 is 0 Å². The van der Waals surface area contributed by atoms with E-state index < -0.39 is 0 Å². The number of aryl methyl sites for hydroxylation is 1. The second-order valence-corrected chi connectivity index (χ2v) is 3.93. The van der Waals surface area contributed by atoms with Crippen LogP contribution < -0.4 is 0 Å². The van der Waals surface area contributed by atoms with Crippen molar-refractivity contribution in [3.05, 3.63) is 35.4 Å². The van der Waals surface area contributed by atoms with Crippen LogP contribution >= 0.6 is 0 Å². The van der Waals surface area contributed by atoms with Gasteiger partial charge in [0.15, 0.2) is 5.78 Å². The number of ether oxygens (including phenoxy) is 1. The highest BCUT2D eigenvalue weighted by Gasteiger charge is 2.08. The molecular formula is C14H18O3. The maximum atomic E-state index is 11.4. The lowest BCUT2D eigenvalue weighted by atomic mass is 10.0. The summed E-state index contributed by atoms with van der Waals surface area (Å²) in [7, 11) is 0. The quantitative estimate of drug-likeness (QED) is 0.561. The molecule has 0 fully saturated rings. The Balaban J connectivity index is 2.57. The summed E-state index contributed by atoms with van der Waals surface area (Å²) in [4.78, 5) is 22.7. The molecule has 0 unspecified atom stereocenters. The van der Waals surface area contributed by atoms with E-state index in [0.29, 0.717) is 25.0 Å². The average Bonchev–Trinajstić information content (AvgIpc) is 2.34. The SMILES string of the molecule is CCCOC(=O)CCc1ccccc1C(C)=O. The van der Waals surface area contributed by atoms with E-state index in [0.717, 1.165) is 12.0 Å². The molecule has 0 aromatic heterocycles. The number of esters is 1. The van der Waals surface area contributed by atoms with Gasteiger partial charge < -0.3 is 4.74 Å². The van der Waals surface area contributed by atoms with Gasteiger partial charge in [-0.1, -0.05) is 31.2 Å². The van der Waals surface area contributed by atoms with Crippen molar-refractivity contribution in [2.45, 2.75) is 33.1 Å². The molecule has 92 valence electrons. The van der Waals surface area contributed by atoms with Gasteiger partial charge in [0.1, 0.15) is 0 Å². The topological polar surface area (TPSA) is 43.4 Å². The molecule has 1 aromatic rings. The molecule has 1 rings (SSSR count). The van der Waals surface area contributed by atoms with E-state index in [1.807, 2.05) is 25.1 Å². The molecule has 0 aliphatic rings. The summed E-state index contributed by atoms with van der Waals surface area (Å²) in [5.74, 6) is -0.173. The van der Waals surface area contributed by atoms with Gasteiger partial charge in [-0.15, -0.1) is 0 Å². The van der Waals surface area contributed by atoms with Crippen molar-refractivity contribution >= 4 is 11.8 Å². The van der Waals surface area contributed by atoms with Crippen LogP contribution in [-0.4, -0.2) is 18.4 Å². The highest BCUT2D eigenvalue weighted by Crippen LogP contribution is 2.12. The fraction of sp³-hybridized carbons (Fsp3) is 0.429. The van der Waals surface area contributed by atoms with Crippen molar-refractivity contribution in [3.8, 4) is 0 Å². The Bertz CT molecular complexity index is 396. The zero-order valence-corrected chi connectivity index (χ0v) is 10.4. The van der Waals surface area contributed by atoms with Crippen molar-refractivity contribution in [2.24, 2.45) is 0 Å². The van der Waals surface area contributed by atoms with Gasteiger partial charge >= 0.3 is 5.97 Å². The second-order valence-electron chi connectivity index (χ2n) is 3.93. The Labute approximate surface area is 102 Å². The van der Waals surface area contributed by atoms with E-state index in [-0.39, 0.29) is 11.8 Å². The largest absolute Gasteiger partial charge is 0.466 e. The monoisotopic (exact) mass is 234 g/mol. The molecular weight excluding hydrogens is 216 g/mol. The Kier molecular flexibility index (Phi) is 5.40. The van der Waals surface area contributed by atoms with Gasteiger partial charge in [0.2, 0.25) is 0 Å². The maximum absolute atomic E-state index is 11.4. The lowest BCUT2D eigenvalue weighted by Gasteiger charge is -2.06. The number of carbonyl (C=O) groups excluding carboxylic acids is 2. The normalized spacial score (nSPS) is 10.0. The summed E-state index contributed by atoms with van der Waals surface area (Å²) < 4.78 is 4.99. The lowest BCUT2D eigenvalue weighted by Crippen LogP contribution is -2.08. The fourth-order valence-corrected chi connectivity index (χ4v) is 1.61. The van der Waals surface area contributed by atoms with Crippen molar-refractivity contribution in [3.63, 3.8) is 0 Å². The van der Waals surface area contributed by atoms with Gasteiger partial charge in [0.05, 0.1) is 6.61 Å². The first kappa shape index (κ1) is 13.4. The molecule has 0 atom stereocenters. The third-order valence-electron chi connectivity index (χ3n) is 2.46. The molecule has 0 N–H and O–H groups in total. The number of hydrogen-bond donors (Lipinski definition) is 0. The third-order valence-corrected chi connectivity index (χ3v) is 2.46. The summed E-state index contributed by atoms with van der Waals surface area (Å²) in [5, 5.41) is 0. The summed E-state index contributed by atoms with van der Waals surface area (Å²) in [6.45, 7) is 3.96. The Morgan fingerprint density at radius 2 is 1.94 bits per heavy atom. The molecule has 0 radical (unpaired) electrons. The van der Waals surface area contributed by atoms with Crippen LogP contribution in [0, 0.1) is 0 Å². The van der Waals surface area contributed by atoms with Crippen molar-refractivity contribution in [2.75, 3.05) is 6.61 Å². The predicted octanol–water partition coefficient (Wildman–Crippen LogP) is 2.78. The molecule has 0 aliphatic carbocycles. The zero-order valence-electron chi connectivity index (χ0n) is 10.4. The van der Waals surface area contributed by atoms with Crippen LogP contribution in [-0.2, 0) is 16.0 Å². The van der Waals surface area contributed by atoms with Crippen LogP contribution in [0.4, 0.5) is 0 Å².